The summed E-state index contributed by atoms with van der Waals surface area (Å²) in [6.45, 7) is 8.79. The largest absolute Gasteiger partial charge is 0.464 e. The predicted molar refractivity (Wildman–Crippen MR) is 59.4 cm³/mol. The van der Waals surface area contributed by atoms with Gasteiger partial charge < -0.3 is 4.74 Å². The molecule has 0 aliphatic carbocycles. The highest BCUT2D eigenvalue weighted by atomic mass is 16.7. The fourth-order valence-electron chi connectivity index (χ4n) is 1.31. The van der Waals surface area contributed by atoms with E-state index in [1.54, 1.807) is 13.8 Å². The van der Waals surface area contributed by atoms with Gasteiger partial charge in [0.15, 0.2) is 6.04 Å². The molecule has 0 bridgehead atoms. The molecule has 0 aliphatic heterocycles. The van der Waals surface area contributed by atoms with Crippen molar-refractivity contribution >= 4 is 11.9 Å². The van der Waals surface area contributed by atoms with Crippen molar-refractivity contribution in [1.29, 1.82) is 0 Å². The Labute approximate surface area is 96.0 Å². The Balaban J connectivity index is 4.82. The number of hydrogen-bond donors (Lipinski definition) is 0. The van der Waals surface area contributed by atoms with Crippen molar-refractivity contribution in [2.75, 3.05) is 13.7 Å². The number of esters is 1. The maximum atomic E-state index is 11.6. The Morgan fingerprint density at radius 1 is 1.38 bits per heavy atom. The van der Waals surface area contributed by atoms with E-state index in [-0.39, 0.29) is 12.5 Å². The van der Waals surface area contributed by atoms with Crippen molar-refractivity contribution in [3.8, 4) is 0 Å². The second kappa shape index (κ2) is 7.00. The molecule has 0 aromatic rings. The molecule has 0 fully saturated rings. The van der Waals surface area contributed by atoms with E-state index in [2.05, 4.69) is 6.58 Å². The number of hydroxylamine groups is 2. The topological polar surface area (TPSA) is 55.8 Å². The van der Waals surface area contributed by atoms with Crippen LogP contribution in [0.3, 0.4) is 0 Å². The van der Waals surface area contributed by atoms with Gasteiger partial charge in [-0.2, -0.15) is 0 Å². The molecule has 5 nitrogen and oxygen atoms in total. The van der Waals surface area contributed by atoms with Gasteiger partial charge >= 0.3 is 5.97 Å². The summed E-state index contributed by atoms with van der Waals surface area (Å²) in [5.41, 5.74) is 0.779. The summed E-state index contributed by atoms with van der Waals surface area (Å²) in [6, 6.07) is -0.764. The third-order valence-corrected chi connectivity index (χ3v) is 1.89. The lowest BCUT2D eigenvalue weighted by Crippen LogP contribution is -2.44. The lowest BCUT2D eigenvalue weighted by Gasteiger charge is -2.26. The third-order valence-electron chi connectivity index (χ3n) is 1.89. The van der Waals surface area contributed by atoms with Crippen LogP contribution < -0.4 is 0 Å². The molecule has 0 heterocycles. The van der Waals surface area contributed by atoms with Gasteiger partial charge in [-0.15, -0.1) is 6.58 Å². The maximum absolute atomic E-state index is 11.6. The highest BCUT2D eigenvalue weighted by Crippen LogP contribution is 2.12. The average molecular weight is 229 g/mol. The smallest absolute Gasteiger partial charge is 0.331 e. The van der Waals surface area contributed by atoms with Crippen LogP contribution >= 0.6 is 0 Å². The van der Waals surface area contributed by atoms with Crippen LogP contribution in [0.4, 0.5) is 0 Å². The molecule has 0 spiro atoms. The Hall–Kier alpha value is -1.36. The Morgan fingerprint density at radius 2 is 1.94 bits per heavy atom. The van der Waals surface area contributed by atoms with Gasteiger partial charge in [-0.1, -0.05) is 5.57 Å². The zero-order chi connectivity index (χ0) is 12.7. The standard InChI is InChI=1S/C11H19NO4/c1-6-16-11(14)10(7-8(2)3)12(15-5)9(4)13/h10H,2,6-7H2,1,3-5H3/t10-/m1/s1. The molecular formula is C11H19NO4. The summed E-state index contributed by atoms with van der Waals surface area (Å²) < 4.78 is 4.88. The van der Waals surface area contributed by atoms with Gasteiger partial charge in [-0.05, 0) is 13.8 Å². The first-order valence-corrected chi connectivity index (χ1v) is 5.08. The molecule has 0 aliphatic rings. The van der Waals surface area contributed by atoms with Crippen molar-refractivity contribution in [1.82, 2.24) is 5.06 Å². The predicted octanol–water partition coefficient (Wildman–Crippen LogP) is 1.29. The van der Waals surface area contributed by atoms with E-state index in [1.165, 1.54) is 14.0 Å². The van der Waals surface area contributed by atoms with Crippen molar-refractivity contribution in [3.63, 3.8) is 0 Å². The van der Waals surface area contributed by atoms with E-state index in [4.69, 9.17) is 9.57 Å². The van der Waals surface area contributed by atoms with Crippen LogP contribution in [0.5, 0.6) is 0 Å². The third kappa shape index (κ3) is 4.44. The molecular weight excluding hydrogens is 210 g/mol. The van der Waals surface area contributed by atoms with Crippen LogP contribution in [0.25, 0.3) is 0 Å². The van der Waals surface area contributed by atoms with Crippen LogP contribution in [-0.4, -0.2) is 36.7 Å². The van der Waals surface area contributed by atoms with Crippen LogP contribution in [0, 0.1) is 0 Å². The highest BCUT2D eigenvalue weighted by Gasteiger charge is 2.29. The molecule has 0 N–H and O–H groups in total. The minimum absolute atomic E-state index is 0.265. The lowest BCUT2D eigenvalue weighted by molar-refractivity contribution is -0.196. The van der Waals surface area contributed by atoms with Crippen molar-refractivity contribution in [2.24, 2.45) is 0 Å². The van der Waals surface area contributed by atoms with Gasteiger partial charge in [0.1, 0.15) is 0 Å². The summed E-state index contributed by atoms with van der Waals surface area (Å²) in [4.78, 5) is 27.8. The molecule has 0 rings (SSSR count). The zero-order valence-electron chi connectivity index (χ0n) is 10.3. The SMILES string of the molecule is C=C(C)C[C@H](C(=O)OCC)N(OC)C(C)=O. The minimum atomic E-state index is -0.764. The molecule has 0 unspecified atom stereocenters. The lowest BCUT2D eigenvalue weighted by atomic mass is 10.1. The molecule has 0 saturated carbocycles. The average Bonchev–Trinajstić information content (AvgIpc) is 2.16. The van der Waals surface area contributed by atoms with Crippen LogP contribution in [0.1, 0.15) is 27.2 Å². The second-order valence-electron chi connectivity index (χ2n) is 3.46. The van der Waals surface area contributed by atoms with E-state index in [9.17, 15) is 9.59 Å². The van der Waals surface area contributed by atoms with Crippen molar-refractivity contribution in [3.05, 3.63) is 12.2 Å². The number of amides is 1. The summed E-state index contributed by atoms with van der Waals surface area (Å²) in [5.74, 6) is -0.829. The first-order chi connectivity index (χ1) is 7.43. The van der Waals surface area contributed by atoms with Crippen molar-refractivity contribution in [2.45, 2.75) is 33.2 Å². The Morgan fingerprint density at radius 3 is 2.25 bits per heavy atom. The Bertz CT molecular complexity index is 275. The van der Waals surface area contributed by atoms with Crippen molar-refractivity contribution < 1.29 is 19.2 Å². The van der Waals surface area contributed by atoms with E-state index >= 15 is 0 Å². The summed E-state index contributed by atoms with van der Waals surface area (Å²) in [6.07, 6.45) is 0.326. The summed E-state index contributed by atoms with van der Waals surface area (Å²) in [7, 11) is 1.34. The number of hydrogen-bond acceptors (Lipinski definition) is 4. The van der Waals surface area contributed by atoms with Gasteiger partial charge in [-0.3, -0.25) is 9.63 Å². The first kappa shape index (κ1) is 14.6. The van der Waals surface area contributed by atoms with Gasteiger partial charge in [0.25, 0.3) is 0 Å². The molecule has 0 radical (unpaired) electrons. The maximum Gasteiger partial charge on any atom is 0.331 e. The van der Waals surface area contributed by atoms with Crippen LogP contribution in [0.2, 0.25) is 0 Å². The zero-order valence-corrected chi connectivity index (χ0v) is 10.3. The summed E-state index contributed by atoms with van der Waals surface area (Å²) in [5, 5.41) is 1.01. The summed E-state index contributed by atoms with van der Waals surface area (Å²) >= 11 is 0. The number of nitrogens with zero attached hydrogens (tertiary/aromatic N) is 1. The van der Waals surface area contributed by atoms with Gasteiger partial charge in [0.05, 0.1) is 13.7 Å². The van der Waals surface area contributed by atoms with E-state index in [0.717, 1.165) is 10.6 Å². The van der Waals surface area contributed by atoms with Crippen LogP contribution in [-0.2, 0) is 19.2 Å². The van der Waals surface area contributed by atoms with E-state index in [1.807, 2.05) is 0 Å². The quantitative estimate of drug-likeness (QED) is 0.391. The Kier molecular flexibility index (Phi) is 6.41. The molecule has 0 aromatic carbocycles. The molecule has 0 saturated heterocycles. The first-order valence-electron chi connectivity index (χ1n) is 5.08. The van der Waals surface area contributed by atoms with Gasteiger partial charge in [0, 0.05) is 13.3 Å². The molecule has 1 atom stereocenters. The van der Waals surface area contributed by atoms with Gasteiger partial charge in [-0.25, -0.2) is 9.86 Å². The minimum Gasteiger partial charge on any atom is -0.464 e. The van der Waals surface area contributed by atoms with E-state index < -0.39 is 12.0 Å². The normalized spacial score (nSPS) is 11.8. The number of ether oxygens (including phenoxy) is 1. The fraction of sp³-hybridized carbons (Fsp3) is 0.636. The second-order valence-corrected chi connectivity index (χ2v) is 3.46. The molecule has 0 aromatic heterocycles. The number of rotatable bonds is 6. The van der Waals surface area contributed by atoms with Crippen LogP contribution in [0.15, 0.2) is 12.2 Å². The number of carbonyl (C=O) groups is 2. The molecule has 1 amide bonds. The molecule has 16 heavy (non-hydrogen) atoms. The monoisotopic (exact) mass is 229 g/mol. The fourth-order valence-corrected chi connectivity index (χ4v) is 1.31. The number of carbonyl (C=O) groups excluding carboxylic acids is 2. The highest BCUT2D eigenvalue weighted by molar-refractivity contribution is 5.82. The molecule has 92 valence electrons. The van der Waals surface area contributed by atoms with Gasteiger partial charge in [0.2, 0.25) is 5.91 Å². The molecule has 5 heteroatoms. The van der Waals surface area contributed by atoms with E-state index in [0.29, 0.717) is 6.42 Å².